The largest absolute Gasteiger partial charge is 0.444 e. The molecule has 4 rings (SSSR count). The van der Waals surface area contributed by atoms with Crippen molar-refractivity contribution in [1.29, 1.82) is 0 Å². The van der Waals surface area contributed by atoms with E-state index in [9.17, 15) is 19.2 Å². The zero-order valence-electron chi connectivity index (χ0n) is 29.2. The minimum Gasteiger partial charge on any atom is -0.444 e. The Hall–Kier alpha value is -3.28. The van der Waals surface area contributed by atoms with Crippen LogP contribution in [0.5, 0.6) is 0 Å². The molecular formula is C36H51N3O6SSi. The topological polar surface area (TPSA) is 121 Å². The Morgan fingerprint density at radius 3 is 2.28 bits per heavy atom. The molecule has 1 aliphatic rings. The molecule has 256 valence electrons. The average molecular weight is 682 g/mol. The van der Waals surface area contributed by atoms with E-state index in [2.05, 4.69) is 33.9 Å². The fraction of sp³-hybridized carbons (Fsp3) is 0.556. The minimum absolute atomic E-state index is 0.000752. The van der Waals surface area contributed by atoms with Crippen molar-refractivity contribution in [1.82, 2.24) is 9.47 Å². The smallest absolute Gasteiger partial charge is 0.410 e. The van der Waals surface area contributed by atoms with E-state index in [1.165, 1.54) is 16.2 Å². The Morgan fingerprint density at radius 2 is 1.66 bits per heavy atom. The summed E-state index contributed by atoms with van der Waals surface area (Å²) in [5, 5.41) is 0.109. The first-order valence-corrected chi connectivity index (χ1v) is 20.3. The zero-order chi connectivity index (χ0) is 34.7. The van der Waals surface area contributed by atoms with E-state index in [1.807, 2.05) is 42.5 Å². The van der Waals surface area contributed by atoms with Gasteiger partial charge in [0.15, 0.2) is 14.1 Å². The number of piperidine rings is 1. The molecule has 2 N–H and O–H groups in total. The number of nitrogens with two attached hydrogens (primary N) is 1. The molecule has 1 aromatic heterocycles. The molecular weight excluding hydrogens is 631 g/mol. The molecule has 2 heterocycles. The van der Waals surface area contributed by atoms with Crippen molar-refractivity contribution < 1.29 is 23.5 Å². The molecule has 1 aliphatic heterocycles. The molecule has 11 heteroatoms. The van der Waals surface area contributed by atoms with Gasteiger partial charge in [-0.25, -0.2) is 4.79 Å². The van der Waals surface area contributed by atoms with Crippen molar-refractivity contribution in [2.24, 2.45) is 11.7 Å². The number of ketones is 1. The maximum absolute atomic E-state index is 13.4. The number of nitrogens with zero attached hydrogens (tertiary/aromatic N) is 2. The van der Waals surface area contributed by atoms with Crippen LogP contribution >= 0.6 is 11.3 Å². The number of thiazole rings is 1. The van der Waals surface area contributed by atoms with Gasteiger partial charge in [0, 0.05) is 25.4 Å². The summed E-state index contributed by atoms with van der Waals surface area (Å²) in [6, 6.07) is 13.3. The minimum atomic E-state index is -1.90. The van der Waals surface area contributed by atoms with Crippen LogP contribution in [0.4, 0.5) is 4.79 Å². The van der Waals surface area contributed by atoms with Gasteiger partial charge in [0.25, 0.3) is 0 Å². The molecule has 2 amide bonds. The molecule has 3 aromatic rings. The van der Waals surface area contributed by atoms with Crippen molar-refractivity contribution in [3.63, 3.8) is 0 Å². The highest BCUT2D eigenvalue weighted by Gasteiger charge is 2.37. The Morgan fingerprint density at radius 1 is 1.00 bits per heavy atom. The second-order valence-electron chi connectivity index (χ2n) is 15.2. The lowest BCUT2D eigenvalue weighted by Gasteiger charge is -2.36. The van der Waals surface area contributed by atoms with E-state index in [0.717, 1.165) is 39.7 Å². The molecule has 47 heavy (non-hydrogen) atoms. The monoisotopic (exact) mass is 681 g/mol. The Kier molecular flexibility index (Phi) is 11.2. The van der Waals surface area contributed by atoms with Gasteiger partial charge in [0.05, 0.1) is 22.9 Å². The number of primary amides is 1. The van der Waals surface area contributed by atoms with Gasteiger partial charge in [0.1, 0.15) is 5.60 Å². The summed E-state index contributed by atoms with van der Waals surface area (Å²) in [5.41, 5.74) is 8.85. The van der Waals surface area contributed by atoms with Crippen LogP contribution in [-0.2, 0) is 31.7 Å². The Labute approximate surface area is 283 Å². The zero-order valence-corrected chi connectivity index (χ0v) is 31.0. The summed E-state index contributed by atoms with van der Waals surface area (Å²) < 4.78 is 14.6. The molecule has 0 saturated carbocycles. The maximum Gasteiger partial charge on any atom is 0.410 e. The molecule has 0 unspecified atom stereocenters. The summed E-state index contributed by atoms with van der Waals surface area (Å²) in [6.45, 7) is 17.9. The fourth-order valence-electron chi connectivity index (χ4n) is 5.64. The third-order valence-corrected chi connectivity index (χ3v) is 14.9. The average Bonchev–Trinajstić information content (AvgIpc) is 3.29. The summed E-state index contributed by atoms with van der Waals surface area (Å²) in [5.74, 6) is -1.40. The van der Waals surface area contributed by atoms with Crippen molar-refractivity contribution in [2.75, 3.05) is 13.2 Å². The van der Waals surface area contributed by atoms with Crippen LogP contribution in [0, 0.1) is 5.92 Å². The van der Waals surface area contributed by atoms with E-state index in [0.29, 0.717) is 32.5 Å². The molecule has 0 spiro atoms. The van der Waals surface area contributed by atoms with Gasteiger partial charge in [-0.15, -0.1) is 0 Å². The lowest BCUT2D eigenvalue weighted by molar-refractivity contribution is -0.130. The van der Waals surface area contributed by atoms with Gasteiger partial charge in [-0.1, -0.05) is 62.4 Å². The number of hydrogen-bond donors (Lipinski definition) is 1. The molecule has 1 fully saturated rings. The predicted molar refractivity (Wildman–Crippen MR) is 191 cm³/mol. The number of benzene rings is 2. The number of aromatic nitrogens is 1. The van der Waals surface area contributed by atoms with Crippen molar-refractivity contribution in [2.45, 2.75) is 110 Å². The van der Waals surface area contributed by atoms with Crippen molar-refractivity contribution >= 4 is 47.7 Å². The first-order valence-electron chi connectivity index (χ1n) is 16.5. The van der Waals surface area contributed by atoms with Gasteiger partial charge in [0.2, 0.25) is 5.91 Å². The van der Waals surface area contributed by atoms with Crippen LogP contribution < -0.4 is 10.6 Å². The number of amides is 2. The number of likely N-dealkylation sites (tertiary alicyclic amines) is 1. The summed E-state index contributed by atoms with van der Waals surface area (Å²) >= 11 is 1.23. The molecule has 0 aliphatic carbocycles. The maximum atomic E-state index is 13.4. The number of ether oxygens (including phenoxy) is 1. The summed E-state index contributed by atoms with van der Waals surface area (Å²) in [4.78, 5) is 53.1. The third-order valence-electron chi connectivity index (χ3n) is 9.37. The Bertz CT molecular complexity index is 1650. The van der Waals surface area contributed by atoms with Crippen molar-refractivity contribution in [3.05, 3.63) is 57.7 Å². The van der Waals surface area contributed by atoms with Crippen LogP contribution in [0.1, 0.15) is 72.8 Å². The highest BCUT2D eigenvalue weighted by atomic mass is 32.1. The first-order chi connectivity index (χ1) is 21.9. The number of carbonyl (C=O) groups excluding carboxylic acids is 3. The normalized spacial score (nSPS) is 16.7. The van der Waals surface area contributed by atoms with Crippen LogP contribution in [0.25, 0.3) is 21.3 Å². The van der Waals surface area contributed by atoms with Crippen LogP contribution in [-0.4, -0.2) is 60.4 Å². The predicted octanol–water partition coefficient (Wildman–Crippen LogP) is 7.14. The highest BCUT2D eigenvalue weighted by molar-refractivity contribution is 7.16. The molecule has 2 aromatic carbocycles. The standard InChI is InChI=1S/C36H51N3O6SSi/c1-35(2,3)45-33(42)38-18-10-9-11-28(38)30(40)22-27(32(37)41)21-24-12-14-25(15-13-24)26-16-17-29-31(23-26)46-34(43)39(29)19-20-44-47(7,8)36(4,5)6/h12-17,23,27-28H,9-11,18-22H2,1-8H3,(H2,37,41)/t27-,28+/m1/s1. The first kappa shape index (κ1) is 36.6. The van der Waals surface area contributed by atoms with E-state index in [4.69, 9.17) is 14.9 Å². The number of carbonyl (C=O) groups is 3. The quantitative estimate of drug-likeness (QED) is 0.215. The molecule has 1 saturated heterocycles. The van der Waals surface area contributed by atoms with Crippen LogP contribution in [0.15, 0.2) is 47.3 Å². The van der Waals surface area contributed by atoms with Gasteiger partial charge in [-0.2, -0.15) is 0 Å². The van der Waals surface area contributed by atoms with Gasteiger partial charge in [-0.3, -0.25) is 23.9 Å². The second-order valence-corrected chi connectivity index (χ2v) is 21.0. The van der Waals surface area contributed by atoms with Crippen LogP contribution in [0.3, 0.4) is 0 Å². The third kappa shape index (κ3) is 9.20. The van der Waals surface area contributed by atoms with E-state index < -0.39 is 37.9 Å². The second kappa shape index (κ2) is 14.5. The molecule has 2 atom stereocenters. The molecule has 9 nitrogen and oxygen atoms in total. The lowest BCUT2D eigenvalue weighted by Crippen LogP contribution is -2.50. The number of fused-ring (bicyclic) bond motifs is 1. The van der Waals surface area contributed by atoms with Crippen molar-refractivity contribution in [3.8, 4) is 11.1 Å². The summed E-state index contributed by atoms with van der Waals surface area (Å²) in [6.07, 6.45) is 1.97. The van der Waals surface area contributed by atoms with Crippen LogP contribution in [0.2, 0.25) is 18.1 Å². The van der Waals surface area contributed by atoms with E-state index >= 15 is 0 Å². The number of hydrogen-bond acceptors (Lipinski definition) is 7. The Balaban J connectivity index is 1.42. The summed E-state index contributed by atoms with van der Waals surface area (Å²) in [7, 11) is -1.90. The SMILES string of the molecule is CC(C)(C)OC(=O)N1CCCC[C@H]1C(=O)C[C@@H](Cc1ccc(-c2ccc3c(c2)sc(=O)n3CCO[Si](C)(C)C(C)(C)C)cc1)C(N)=O. The van der Waals surface area contributed by atoms with Gasteiger partial charge >= 0.3 is 11.0 Å². The molecule has 0 radical (unpaired) electrons. The highest BCUT2D eigenvalue weighted by Crippen LogP contribution is 2.36. The van der Waals surface area contributed by atoms with E-state index in [1.54, 1.807) is 25.3 Å². The number of Topliss-reactive ketones (excluding diaryl/α,β-unsaturated/α-hetero) is 1. The molecule has 0 bridgehead atoms. The number of rotatable bonds is 11. The van der Waals surface area contributed by atoms with Gasteiger partial charge in [-0.05, 0) is 93.4 Å². The van der Waals surface area contributed by atoms with E-state index in [-0.39, 0.29) is 22.1 Å². The van der Waals surface area contributed by atoms with Gasteiger partial charge < -0.3 is 14.9 Å². The fourth-order valence-corrected chi connectivity index (χ4v) is 7.63. The lowest BCUT2D eigenvalue weighted by atomic mass is 9.88.